The van der Waals surface area contributed by atoms with Crippen LogP contribution in [-0.4, -0.2) is 36.3 Å². The molecule has 1 aromatic carbocycles. The molecule has 0 bridgehead atoms. The Balaban J connectivity index is 2.65. The maximum absolute atomic E-state index is 13.4. The fourth-order valence-electron chi connectivity index (χ4n) is 1.66. The molecule has 3 N–H and O–H groups in total. The number of carbonyl (C=O) groups is 2. The molecular weight excluding hydrogens is 249 g/mol. The second-order valence-electron chi connectivity index (χ2n) is 3.99. The summed E-state index contributed by atoms with van der Waals surface area (Å²) in [6.45, 7) is 4.67. The molecule has 0 heterocycles. The zero-order valence-electron chi connectivity index (χ0n) is 11.1. The monoisotopic (exact) mass is 267 g/mol. The third-order valence-corrected chi connectivity index (χ3v) is 2.75. The second-order valence-corrected chi connectivity index (χ2v) is 3.99. The Morgan fingerprint density at radius 1 is 1.32 bits per heavy atom. The summed E-state index contributed by atoms with van der Waals surface area (Å²) in [5.74, 6) is -1.52. The first-order chi connectivity index (χ1) is 8.99. The van der Waals surface area contributed by atoms with Crippen molar-refractivity contribution < 1.29 is 14.0 Å². The molecule has 0 aliphatic heterocycles. The van der Waals surface area contributed by atoms with Gasteiger partial charge in [-0.3, -0.25) is 9.59 Å². The molecule has 0 aromatic heterocycles. The van der Waals surface area contributed by atoms with Crippen LogP contribution in [0.1, 0.15) is 24.2 Å². The normalized spacial score (nSPS) is 10.1. The van der Waals surface area contributed by atoms with E-state index in [0.717, 1.165) is 6.07 Å². The molecule has 0 saturated carbocycles. The summed E-state index contributed by atoms with van der Waals surface area (Å²) in [6, 6.07) is 3.73. The predicted octanol–water partition coefficient (Wildman–Crippen LogP) is 1.01. The average molecular weight is 267 g/mol. The molecule has 104 valence electrons. The molecular formula is C13H18FN3O2. The lowest BCUT2D eigenvalue weighted by Crippen LogP contribution is -2.40. The number of nitrogens with two attached hydrogens (primary N) is 1. The predicted molar refractivity (Wildman–Crippen MR) is 71.1 cm³/mol. The number of carbonyl (C=O) groups excluding carboxylic acids is 2. The molecule has 0 aliphatic rings. The number of anilines is 1. The highest BCUT2D eigenvalue weighted by Gasteiger charge is 2.15. The Morgan fingerprint density at radius 3 is 2.53 bits per heavy atom. The van der Waals surface area contributed by atoms with E-state index in [1.54, 1.807) is 4.90 Å². The molecule has 0 unspecified atom stereocenters. The molecule has 0 saturated heterocycles. The van der Waals surface area contributed by atoms with Crippen molar-refractivity contribution in [3.8, 4) is 0 Å². The van der Waals surface area contributed by atoms with Crippen molar-refractivity contribution in [1.29, 1.82) is 0 Å². The number of rotatable bonds is 5. The topological polar surface area (TPSA) is 75.4 Å². The van der Waals surface area contributed by atoms with Crippen LogP contribution in [0.4, 0.5) is 10.1 Å². The zero-order valence-corrected chi connectivity index (χ0v) is 11.1. The minimum atomic E-state index is -0.665. The van der Waals surface area contributed by atoms with Crippen LogP contribution in [0.3, 0.4) is 0 Å². The molecule has 6 heteroatoms. The first-order valence-corrected chi connectivity index (χ1v) is 6.10. The fraction of sp³-hybridized carbons (Fsp3) is 0.385. The molecule has 2 amide bonds. The van der Waals surface area contributed by atoms with Gasteiger partial charge in [-0.05, 0) is 32.0 Å². The van der Waals surface area contributed by atoms with Gasteiger partial charge in [-0.15, -0.1) is 0 Å². The molecule has 0 atom stereocenters. The van der Waals surface area contributed by atoms with Crippen LogP contribution in [0, 0.1) is 5.82 Å². The highest BCUT2D eigenvalue weighted by Crippen LogP contribution is 2.11. The first kappa shape index (κ1) is 14.9. The summed E-state index contributed by atoms with van der Waals surface area (Å²) in [7, 11) is 0. The number of likely N-dealkylation sites (N-methyl/N-ethyl adjacent to an activating group) is 1. The Labute approximate surface area is 111 Å². The smallest absolute Gasteiger partial charge is 0.254 e. The lowest BCUT2D eigenvalue weighted by molar-refractivity contribution is -0.129. The number of amides is 2. The van der Waals surface area contributed by atoms with Gasteiger partial charge in [-0.2, -0.15) is 0 Å². The standard InChI is InChI=1S/C13H18FN3O2/c1-3-17(4-2)12(18)8-16-13(19)10-7-9(15)5-6-11(10)14/h5-7H,3-4,8,15H2,1-2H3,(H,16,19). The third-order valence-electron chi connectivity index (χ3n) is 2.75. The van der Waals surface area contributed by atoms with Gasteiger partial charge in [-0.25, -0.2) is 4.39 Å². The molecule has 0 fully saturated rings. The van der Waals surface area contributed by atoms with Crippen molar-refractivity contribution in [2.24, 2.45) is 0 Å². The van der Waals surface area contributed by atoms with Crippen LogP contribution in [0.2, 0.25) is 0 Å². The van der Waals surface area contributed by atoms with Crippen LogP contribution in [0.15, 0.2) is 18.2 Å². The van der Waals surface area contributed by atoms with Gasteiger partial charge >= 0.3 is 0 Å². The van der Waals surface area contributed by atoms with Gasteiger partial charge in [-0.1, -0.05) is 0 Å². The van der Waals surface area contributed by atoms with Gasteiger partial charge in [0.15, 0.2) is 0 Å². The minimum absolute atomic E-state index is 0.158. The summed E-state index contributed by atoms with van der Waals surface area (Å²) in [4.78, 5) is 25.0. The number of nitrogens with zero attached hydrogens (tertiary/aromatic N) is 1. The number of halogens is 1. The van der Waals surface area contributed by atoms with Crippen LogP contribution < -0.4 is 11.1 Å². The molecule has 1 rings (SSSR count). The second kappa shape index (κ2) is 6.72. The van der Waals surface area contributed by atoms with E-state index in [-0.39, 0.29) is 18.0 Å². The fourth-order valence-corrected chi connectivity index (χ4v) is 1.66. The Hall–Kier alpha value is -2.11. The number of hydrogen-bond donors (Lipinski definition) is 2. The first-order valence-electron chi connectivity index (χ1n) is 6.10. The SMILES string of the molecule is CCN(CC)C(=O)CNC(=O)c1cc(N)ccc1F. The summed E-state index contributed by atoms with van der Waals surface area (Å²) in [5.41, 5.74) is 5.62. The quantitative estimate of drug-likeness (QED) is 0.782. The van der Waals surface area contributed by atoms with E-state index in [9.17, 15) is 14.0 Å². The van der Waals surface area contributed by atoms with Gasteiger partial charge in [0.25, 0.3) is 5.91 Å². The van der Waals surface area contributed by atoms with Crippen molar-refractivity contribution in [3.05, 3.63) is 29.6 Å². The molecule has 0 spiro atoms. The van der Waals surface area contributed by atoms with Gasteiger partial charge < -0.3 is 16.0 Å². The maximum Gasteiger partial charge on any atom is 0.254 e. The summed E-state index contributed by atoms with van der Waals surface area (Å²) < 4.78 is 13.4. The summed E-state index contributed by atoms with van der Waals surface area (Å²) in [5, 5.41) is 2.39. The van der Waals surface area contributed by atoms with E-state index in [2.05, 4.69) is 5.32 Å². The van der Waals surface area contributed by atoms with E-state index in [1.807, 2.05) is 13.8 Å². The molecule has 1 aromatic rings. The molecule has 0 radical (unpaired) electrons. The lowest BCUT2D eigenvalue weighted by atomic mass is 10.2. The molecule has 19 heavy (non-hydrogen) atoms. The average Bonchev–Trinajstić information content (AvgIpc) is 2.40. The van der Waals surface area contributed by atoms with E-state index < -0.39 is 11.7 Å². The minimum Gasteiger partial charge on any atom is -0.399 e. The summed E-state index contributed by atoms with van der Waals surface area (Å²) in [6.07, 6.45) is 0. The van der Waals surface area contributed by atoms with Crippen molar-refractivity contribution in [3.63, 3.8) is 0 Å². The van der Waals surface area contributed by atoms with Gasteiger partial charge in [0.1, 0.15) is 5.82 Å². The van der Waals surface area contributed by atoms with Crippen molar-refractivity contribution >= 4 is 17.5 Å². The Morgan fingerprint density at radius 2 is 1.95 bits per heavy atom. The van der Waals surface area contributed by atoms with Gasteiger partial charge in [0, 0.05) is 18.8 Å². The lowest BCUT2D eigenvalue weighted by Gasteiger charge is -2.18. The highest BCUT2D eigenvalue weighted by molar-refractivity contribution is 5.97. The van der Waals surface area contributed by atoms with Crippen LogP contribution in [0.25, 0.3) is 0 Å². The van der Waals surface area contributed by atoms with Crippen LogP contribution >= 0.6 is 0 Å². The molecule has 0 aliphatic carbocycles. The molecule has 5 nitrogen and oxygen atoms in total. The van der Waals surface area contributed by atoms with E-state index in [4.69, 9.17) is 5.73 Å². The zero-order chi connectivity index (χ0) is 14.4. The van der Waals surface area contributed by atoms with Crippen molar-refractivity contribution in [1.82, 2.24) is 10.2 Å². The van der Waals surface area contributed by atoms with E-state index in [0.29, 0.717) is 18.8 Å². The van der Waals surface area contributed by atoms with Crippen LogP contribution in [0.5, 0.6) is 0 Å². The van der Waals surface area contributed by atoms with Crippen molar-refractivity contribution in [2.75, 3.05) is 25.4 Å². The van der Waals surface area contributed by atoms with Crippen LogP contribution in [-0.2, 0) is 4.79 Å². The Kier molecular flexibility index (Phi) is 5.29. The third kappa shape index (κ3) is 3.94. The van der Waals surface area contributed by atoms with Crippen molar-refractivity contribution in [2.45, 2.75) is 13.8 Å². The van der Waals surface area contributed by atoms with Gasteiger partial charge in [0.05, 0.1) is 12.1 Å². The highest BCUT2D eigenvalue weighted by atomic mass is 19.1. The number of nitrogen functional groups attached to an aromatic ring is 1. The number of nitrogens with one attached hydrogen (secondary N) is 1. The van der Waals surface area contributed by atoms with E-state index >= 15 is 0 Å². The number of benzene rings is 1. The maximum atomic E-state index is 13.4. The van der Waals surface area contributed by atoms with E-state index in [1.165, 1.54) is 12.1 Å². The summed E-state index contributed by atoms with van der Waals surface area (Å²) >= 11 is 0. The largest absolute Gasteiger partial charge is 0.399 e. The van der Waals surface area contributed by atoms with Gasteiger partial charge in [0.2, 0.25) is 5.91 Å². The number of hydrogen-bond acceptors (Lipinski definition) is 3. The Bertz CT molecular complexity index is 473.